The van der Waals surface area contributed by atoms with E-state index in [-0.39, 0.29) is 5.91 Å². The lowest BCUT2D eigenvalue weighted by Crippen LogP contribution is -2.28. The number of hydrogen-bond acceptors (Lipinski definition) is 6. The summed E-state index contributed by atoms with van der Waals surface area (Å²) >= 11 is 2.90. The molecule has 90 valence electrons. The highest BCUT2D eigenvalue weighted by atomic mass is 32.2. The van der Waals surface area contributed by atoms with Crippen LogP contribution in [-0.2, 0) is 4.79 Å². The predicted molar refractivity (Wildman–Crippen MR) is 70.4 cm³/mol. The van der Waals surface area contributed by atoms with Gasteiger partial charge in [0, 0.05) is 17.6 Å². The van der Waals surface area contributed by atoms with Gasteiger partial charge in [0.15, 0.2) is 10.3 Å². The molecule has 0 saturated heterocycles. The van der Waals surface area contributed by atoms with E-state index in [1.807, 2.05) is 13.0 Å². The van der Waals surface area contributed by atoms with Gasteiger partial charge in [-0.1, -0.05) is 23.5 Å². The third-order valence-corrected chi connectivity index (χ3v) is 3.69. The topological polar surface area (TPSA) is 67.2 Å². The van der Waals surface area contributed by atoms with Gasteiger partial charge in [0.25, 0.3) is 0 Å². The first kappa shape index (κ1) is 12.4. The number of aryl methyl sites for hydroxylation is 1. The molecule has 0 fully saturated rings. The van der Waals surface area contributed by atoms with Crippen molar-refractivity contribution in [3.8, 4) is 0 Å². The number of hydrogen-bond donors (Lipinski definition) is 1. The number of nitrogens with zero attached hydrogens (tertiary/aromatic N) is 3. The standard InChI is InChI=1S/C10H12N4OS2/c1-7-2-3-11-9(13-7)17-6-8(15)14-10-12-4-5-16-10/h2-3H,4-6H2,1H3,(H,12,14,15). The Morgan fingerprint density at radius 3 is 3.24 bits per heavy atom. The van der Waals surface area contributed by atoms with Gasteiger partial charge in [0.2, 0.25) is 5.91 Å². The second kappa shape index (κ2) is 6.02. The monoisotopic (exact) mass is 268 g/mol. The first-order valence-corrected chi connectivity index (χ1v) is 7.11. The van der Waals surface area contributed by atoms with Gasteiger partial charge in [-0.3, -0.25) is 9.79 Å². The molecule has 0 aromatic carbocycles. The lowest BCUT2D eigenvalue weighted by atomic mass is 10.5. The predicted octanol–water partition coefficient (Wildman–Crippen LogP) is 1.10. The number of aliphatic imine (C=N–C) groups is 1. The van der Waals surface area contributed by atoms with Crippen LogP contribution in [0.3, 0.4) is 0 Å². The summed E-state index contributed by atoms with van der Waals surface area (Å²) in [5, 5.41) is 4.11. The maximum atomic E-state index is 11.6. The molecule has 0 aliphatic carbocycles. The van der Waals surface area contributed by atoms with Crippen LogP contribution in [0.5, 0.6) is 0 Å². The number of carbonyl (C=O) groups is 1. The van der Waals surface area contributed by atoms with E-state index in [2.05, 4.69) is 20.3 Å². The molecule has 0 radical (unpaired) electrons. The zero-order chi connectivity index (χ0) is 12.1. The fourth-order valence-corrected chi connectivity index (χ4v) is 2.61. The van der Waals surface area contributed by atoms with Gasteiger partial charge in [-0.25, -0.2) is 9.97 Å². The van der Waals surface area contributed by atoms with Crippen LogP contribution < -0.4 is 5.32 Å². The quantitative estimate of drug-likeness (QED) is 0.656. The van der Waals surface area contributed by atoms with Crippen molar-refractivity contribution in [3.05, 3.63) is 18.0 Å². The molecule has 1 aliphatic rings. The number of carbonyl (C=O) groups excluding carboxylic acids is 1. The molecule has 1 amide bonds. The molecular formula is C10H12N4OS2. The molecule has 2 heterocycles. The second-order valence-electron chi connectivity index (χ2n) is 3.35. The molecule has 0 saturated carbocycles. The highest BCUT2D eigenvalue weighted by molar-refractivity contribution is 8.14. The summed E-state index contributed by atoms with van der Waals surface area (Å²) in [4.78, 5) is 24.0. The van der Waals surface area contributed by atoms with Crippen LogP contribution in [0.1, 0.15) is 5.69 Å². The van der Waals surface area contributed by atoms with E-state index in [0.29, 0.717) is 10.9 Å². The third kappa shape index (κ3) is 4.01. The van der Waals surface area contributed by atoms with Crippen molar-refractivity contribution in [2.75, 3.05) is 18.1 Å². The molecule has 0 atom stereocenters. The van der Waals surface area contributed by atoms with Crippen molar-refractivity contribution in [2.45, 2.75) is 12.1 Å². The minimum atomic E-state index is -0.0618. The minimum Gasteiger partial charge on any atom is -0.305 e. The summed E-state index contributed by atoms with van der Waals surface area (Å²) in [6.45, 7) is 2.68. The largest absolute Gasteiger partial charge is 0.305 e. The lowest BCUT2D eigenvalue weighted by molar-refractivity contribution is -0.117. The van der Waals surface area contributed by atoms with E-state index in [1.54, 1.807) is 18.0 Å². The molecule has 1 aromatic rings. The number of amidine groups is 1. The summed E-state index contributed by atoms with van der Waals surface area (Å²) in [6, 6.07) is 1.83. The number of aromatic nitrogens is 2. The Kier molecular flexibility index (Phi) is 4.38. The van der Waals surface area contributed by atoms with Gasteiger partial charge in [-0.15, -0.1) is 0 Å². The second-order valence-corrected chi connectivity index (χ2v) is 5.38. The van der Waals surface area contributed by atoms with Gasteiger partial charge >= 0.3 is 0 Å². The van der Waals surface area contributed by atoms with E-state index in [0.717, 1.165) is 23.2 Å². The zero-order valence-electron chi connectivity index (χ0n) is 9.34. The first-order valence-electron chi connectivity index (χ1n) is 5.13. The summed E-state index contributed by atoms with van der Waals surface area (Å²) < 4.78 is 0. The Morgan fingerprint density at radius 1 is 1.65 bits per heavy atom. The Balaban J connectivity index is 1.79. The van der Waals surface area contributed by atoms with Crippen molar-refractivity contribution in [3.63, 3.8) is 0 Å². The number of amides is 1. The van der Waals surface area contributed by atoms with E-state index < -0.39 is 0 Å². The highest BCUT2D eigenvalue weighted by Crippen LogP contribution is 2.13. The number of thioether (sulfide) groups is 2. The van der Waals surface area contributed by atoms with E-state index in [4.69, 9.17) is 0 Å². The third-order valence-electron chi connectivity index (χ3n) is 1.94. The van der Waals surface area contributed by atoms with E-state index >= 15 is 0 Å². The molecule has 1 aromatic heterocycles. The first-order chi connectivity index (χ1) is 8.24. The fourth-order valence-electron chi connectivity index (χ4n) is 1.19. The number of rotatable bonds is 3. The fraction of sp³-hybridized carbons (Fsp3) is 0.400. The normalized spacial score (nSPS) is 14.5. The van der Waals surface area contributed by atoms with Crippen LogP contribution in [-0.4, -0.2) is 39.1 Å². The highest BCUT2D eigenvalue weighted by Gasteiger charge is 2.11. The average Bonchev–Trinajstić information content (AvgIpc) is 2.79. The van der Waals surface area contributed by atoms with E-state index in [1.165, 1.54) is 11.8 Å². The van der Waals surface area contributed by atoms with Gasteiger partial charge in [-0.05, 0) is 13.0 Å². The Hall–Kier alpha value is -1.08. The van der Waals surface area contributed by atoms with Crippen LogP contribution in [0.4, 0.5) is 0 Å². The zero-order valence-corrected chi connectivity index (χ0v) is 11.0. The van der Waals surface area contributed by atoms with Crippen molar-refractivity contribution >= 4 is 34.6 Å². The molecule has 7 heteroatoms. The SMILES string of the molecule is Cc1ccnc(SCC(=O)NC2=NCCS2)n1. The van der Waals surface area contributed by atoms with Crippen molar-refractivity contribution in [1.82, 2.24) is 15.3 Å². The van der Waals surface area contributed by atoms with Gasteiger partial charge < -0.3 is 5.32 Å². The molecule has 17 heavy (non-hydrogen) atoms. The Bertz CT molecular complexity index is 450. The van der Waals surface area contributed by atoms with Crippen LogP contribution >= 0.6 is 23.5 Å². The molecular weight excluding hydrogens is 256 g/mol. The molecule has 1 N–H and O–H groups in total. The maximum Gasteiger partial charge on any atom is 0.236 e. The van der Waals surface area contributed by atoms with E-state index in [9.17, 15) is 4.79 Å². The molecule has 0 spiro atoms. The molecule has 0 unspecified atom stereocenters. The van der Waals surface area contributed by atoms with Crippen molar-refractivity contribution in [2.24, 2.45) is 4.99 Å². The minimum absolute atomic E-state index is 0.0618. The van der Waals surface area contributed by atoms with Crippen LogP contribution in [0.15, 0.2) is 22.4 Å². The van der Waals surface area contributed by atoms with Crippen molar-refractivity contribution < 1.29 is 4.79 Å². The van der Waals surface area contributed by atoms with Gasteiger partial charge in [0.1, 0.15) is 0 Å². The Morgan fingerprint density at radius 2 is 2.53 bits per heavy atom. The van der Waals surface area contributed by atoms with Crippen LogP contribution in [0, 0.1) is 6.92 Å². The average molecular weight is 268 g/mol. The van der Waals surface area contributed by atoms with Gasteiger partial charge in [0.05, 0.1) is 12.3 Å². The summed E-state index contributed by atoms with van der Waals surface area (Å²) in [5.74, 6) is 1.19. The summed E-state index contributed by atoms with van der Waals surface area (Å²) in [7, 11) is 0. The molecule has 5 nitrogen and oxygen atoms in total. The number of nitrogens with one attached hydrogen (secondary N) is 1. The molecule has 2 rings (SSSR count). The summed E-state index contributed by atoms with van der Waals surface area (Å²) in [5.41, 5.74) is 0.902. The van der Waals surface area contributed by atoms with Crippen molar-refractivity contribution in [1.29, 1.82) is 0 Å². The molecule has 1 aliphatic heterocycles. The summed E-state index contributed by atoms with van der Waals surface area (Å²) in [6.07, 6.45) is 1.69. The molecule has 0 bridgehead atoms. The Labute approximate surface area is 108 Å². The smallest absolute Gasteiger partial charge is 0.236 e. The van der Waals surface area contributed by atoms with Gasteiger partial charge in [-0.2, -0.15) is 0 Å². The maximum absolute atomic E-state index is 11.6. The lowest BCUT2D eigenvalue weighted by Gasteiger charge is -2.03. The van der Waals surface area contributed by atoms with Crippen LogP contribution in [0.2, 0.25) is 0 Å². The van der Waals surface area contributed by atoms with Crippen LogP contribution in [0.25, 0.3) is 0 Å².